The molecule has 1 aromatic heterocycles. The van der Waals surface area contributed by atoms with Crippen LogP contribution in [0.5, 0.6) is 0 Å². The lowest BCUT2D eigenvalue weighted by Gasteiger charge is -2.00. The Kier molecular flexibility index (Phi) is 2.67. The first-order valence-corrected chi connectivity index (χ1v) is 6.35. The summed E-state index contributed by atoms with van der Waals surface area (Å²) in [7, 11) is 0. The Hall–Kier alpha value is -1.68. The zero-order valence-electron chi connectivity index (χ0n) is 9.67. The summed E-state index contributed by atoms with van der Waals surface area (Å²) in [5.74, 6) is 0.475. The van der Waals surface area contributed by atoms with Crippen LogP contribution in [0.15, 0.2) is 40.9 Å². The number of nitrogens with one attached hydrogen (secondary N) is 1. The van der Waals surface area contributed by atoms with Gasteiger partial charge in [0, 0.05) is 11.6 Å². The van der Waals surface area contributed by atoms with Crippen molar-refractivity contribution in [1.82, 2.24) is 9.97 Å². The molecule has 0 radical (unpaired) electrons. The molecule has 1 heterocycles. The van der Waals surface area contributed by atoms with Gasteiger partial charge < -0.3 is 4.98 Å². The fraction of sp³-hybridized carbons (Fsp3) is 0.0714. The maximum Gasteiger partial charge on any atom is 0.139 e. The second kappa shape index (κ2) is 4.21. The van der Waals surface area contributed by atoms with Crippen LogP contribution in [-0.2, 0) is 0 Å². The molecule has 3 aromatic rings. The summed E-state index contributed by atoms with van der Waals surface area (Å²) in [5.41, 5.74) is 3.62. The van der Waals surface area contributed by atoms with Gasteiger partial charge in [-0.25, -0.2) is 9.37 Å². The summed E-state index contributed by atoms with van der Waals surface area (Å²) in [6.07, 6.45) is 0. The van der Waals surface area contributed by atoms with Crippen LogP contribution in [0.2, 0.25) is 0 Å². The molecule has 90 valence electrons. The number of fused-ring (bicyclic) bond motifs is 1. The highest BCUT2D eigenvalue weighted by molar-refractivity contribution is 9.10. The fourth-order valence-electron chi connectivity index (χ4n) is 1.97. The molecule has 0 aliphatic carbocycles. The van der Waals surface area contributed by atoms with E-state index in [4.69, 9.17) is 0 Å². The van der Waals surface area contributed by atoms with Gasteiger partial charge in [0.2, 0.25) is 0 Å². The van der Waals surface area contributed by atoms with Gasteiger partial charge in [0.1, 0.15) is 11.6 Å². The molecule has 2 aromatic carbocycles. The summed E-state index contributed by atoms with van der Waals surface area (Å²) in [4.78, 5) is 7.64. The summed E-state index contributed by atoms with van der Waals surface area (Å²) in [6, 6.07) is 11.1. The molecule has 2 nitrogen and oxygen atoms in total. The smallest absolute Gasteiger partial charge is 0.139 e. The highest BCUT2D eigenvalue weighted by atomic mass is 79.9. The van der Waals surface area contributed by atoms with Crippen LogP contribution >= 0.6 is 15.9 Å². The molecule has 0 saturated carbocycles. The van der Waals surface area contributed by atoms with E-state index in [1.54, 1.807) is 6.07 Å². The zero-order chi connectivity index (χ0) is 12.7. The Labute approximate surface area is 112 Å². The highest BCUT2D eigenvalue weighted by Crippen LogP contribution is 2.26. The van der Waals surface area contributed by atoms with Gasteiger partial charge in [-0.1, -0.05) is 24.3 Å². The predicted molar refractivity (Wildman–Crippen MR) is 73.9 cm³/mol. The number of aromatic nitrogens is 2. The average molecular weight is 305 g/mol. The van der Waals surface area contributed by atoms with E-state index in [2.05, 4.69) is 25.9 Å². The van der Waals surface area contributed by atoms with Crippen molar-refractivity contribution in [2.45, 2.75) is 6.92 Å². The summed E-state index contributed by atoms with van der Waals surface area (Å²) in [6.45, 7) is 2.03. The number of rotatable bonds is 1. The predicted octanol–water partition coefficient (Wildman–Crippen LogP) is 4.44. The van der Waals surface area contributed by atoms with Crippen LogP contribution in [0.1, 0.15) is 5.56 Å². The number of hydrogen-bond acceptors (Lipinski definition) is 1. The number of halogens is 2. The monoisotopic (exact) mass is 304 g/mol. The minimum Gasteiger partial charge on any atom is -0.338 e. The third kappa shape index (κ3) is 1.82. The number of benzene rings is 2. The second-order valence-corrected chi connectivity index (χ2v) is 5.04. The van der Waals surface area contributed by atoms with Gasteiger partial charge in [-0.3, -0.25) is 0 Å². The molecule has 0 amide bonds. The first-order chi connectivity index (χ1) is 8.65. The molecule has 3 rings (SSSR count). The Balaban J connectivity index is 2.23. The molecule has 0 aliphatic heterocycles. The van der Waals surface area contributed by atoms with Crippen molar-refractivity contribution in [2.75, 3.05) is 0 Å². The molecule has 4 heteroatoms. The number of H-pyrrole nitrogens is 1. The van der Waals surface area contributed by atoms with Gasteiger partial charge in [0.15, 0.2) is 0 Å². The average Bonchev–Trinajstić information content (AvgIpc) is 2.73. The van der Waals surface area contributed by atoms with Crippen molar-refractivity contribution in [1.29, 1.82) is 0 Å². The van der Waals surface area contributed by atoms with E-state index < -0.39 is 0 Å². The SMILES string of the molecule is Cc1ccccc1-c1nc2cc(Br)c(F)cc2[nH]1. The minimum absolute atomic E-state index is 0.289. The topological polar surface area (TPSA) is 28.7 Å². The minimum atomic E-state index is -0.289. The van der Waals surface area contributed by atoms with Crippen LogP contribution < -0.4 is 0 Å². The lowest BCUT2D eigenvalue weighted by Crippen LogP contribution is -1.83. The van der Waals surface area contributed by atoms with Crippen molar-refractivity contribution >= 4 is 27.0 Å². The Morgan fingerprint density at radius 1 is 1.22 bits per heavy atom. The first-order valence-electron chi connectivity index (χ1n) is 5.56. The van der Waals surface area contributed by atoms with Gasteiger partial charge in [0.25, 0.3) is 0 Å². The van der Waals surface area contributed by atoms with Crippen LogP contribution in [0.4, 0.5) is 4.39 Å². The molecule has 18 heavy (non-hydrogen) atoms. The lowest BCUT2D eigenvalue weighted by molar-refractivity contribution is 0.623. The Morgan fingerprint density at radius 2 is 2.00 bits per heavy atom. The van der Waals surface area contributed by atoms with E-state index in [-0.39, 0.29) is 5.82 Å². The van der Waals surface area contributed by atoms with Crippen molar-refractivity contribution in [3.05, 3.63) is 52.3 Å². The van der Waals surface area contributed by atoms with Crippen LogP contribution in [0.3, 0.4) is 0 Å². The molecule has 1 N–H and O–H groups in total. The fourth-order valence-corrected chi connectivity index (χ4v) is 2.30. The van der Waals surface area contributed by atoms with Crippen LogP contribution in [-0.4, -0.2) is 9.97 Å². The zero-order valence-corrected chi connectivity index (χ0v) is 11.3. The van der Waals surface area contributed by atoms with Crippen molar-refractivity contribution in [3.63, 3.8) is 0 Å². The molecule has 0 atom stereocenters. The van der Waals surface area contributed by atoms with Gasteiger partial charge in [-0.15, -0.1) is 0 Å². The van der Waals surface area contributed by atoms with E-state index >= 15 is 0 Å². The normalized spacial score (nSPS) is 11.1. The van der Waals surface area contributed by atoms with Crippen LogP contribution in [0.25, 0.3) is 22.4 Å². The molecule has 0 spiro atoms. The standard InChI is InChI=1S/C14H10BrFN2/c1-8-4-2-3-5-9(8)14-17-12-6-10(15)11(16)7-13(12)18-14/h2-7H,1H3,(H,17,18). The van der Waals surface area contributed by atoms with Crippen molar-refractivity contribution < 1.29 is 4.39 Å². The van der Waals surface area contributed by atoms with Crippen molar-refractivity contribution in [3.8, 4) is 11.4 Å². The molecule has 0 aliphatic rings. The third-order valence-corrected chi connectivity index (χ3v) is 3.53. The molecule has 0 saturated heterocycles. The van der Waals surface area contributed by atoms with E-state index in [9.17, 15) is 4.39 Å². The third-order valence-electron chi connectivity index (χ3n) is 2.92. The summed E-state index contributed by atoms with van der Waals surface area (Å²) in [5, 5.41) is 0. The number of hydrogen-bond donors (Lipinski definition) is 1. The molecule has 0 unspecified atom stereocenters. The number of aromatic amines is 1. The molecular weight excluding hydrogens is 295 g/mol. The van der Waals surface area contributed by atoms with Crippen LogP contribution in [0, 0.1) is 12.7 Å². The van der Waals surface area contributed by atoms with E-state index in [0.717, 1.165) is 22.5 Å². The van der Waals surface area contributed by atoms with E-state index in [1.807, 2.05) is 31.2 Å². The number of imidazole rings is 1. The maximum atomic E-state index is 13.4. The number of nitrogens with zero attached hydrogens (tertiary/aromatic N) is 1. The molecular formula is C14H10BrFN2. The Bertz CT molecular complexity index is 695. The highest BCUT2D eigenvalue weighted by Gasteiger charge is 2.09. The largest absolute Gasteiger partial charge is 0.338 e. The van der Waals surface area contributed by atoms with Crippen molar-refractivity contribution in [2.24, 2.45) is 0 Å². The van der Waals surface area contributed by atoms with Gasteiger partial charge in [0.05, 0.1) is 15.5 Å². The second-order valence-electron chi connectivity index (χ2n) is 4.18. The molecule has 0 bridgehead atoms. The Morgan fingerprint density at radius 3 is 2.78 bits per heavy atom. The van der Waals surface area contributed by atoms with E-state index in [1.165, 1.54) is 6.07 Å². The summed E-state index contributed by atoms with van der Waals surface area (Å²) < 4.78 is 13.9. The van der Waals surface area contributed by atoms with Gasteiger partial charge >= 0.3 is 0 Å². The van der Waals surface area contributed by atoms with E-state index in [0.29, 0.717) is 9.99 Å². The number of aryl methyl sites for hydroxylation is 1. The summed E-state index contributed by atoms with van der Waals surface area (Å²) >= 11 is 3.17. The molecule has 0 fully saturated rings. The van der Waals surface area contributed by atoms with Gasteiger partial charge in [-0.05, 0) is 34.5 Å². The maximum absolute atomic E-state index is 13.4. The quantitative estimate of drug-likeness (QED) is 0.707. The lowest BCUT2D eigenvalue weighted by atomic mass is 10.1. The van der Waals surface area contributed by atoms with Gasteiger partial charge in [-0.2, -0.15) is 0 Å². The first kappa shape index (κ1) is 11.4.